The summed E-state index contributed by atoms with van der Waals surface area (Å²) >= 11 is 0. The van der Waals surface area contributed by atoms with Crippen LogP contribution in [0.3, 0.4) is 0 Å². The predicted octanol–water partition coefficient (Wildman–Crippen LogP) is 1.96. The van der Waals surface area contributed by atoms with E-state index < -0.39 is 11.6 Å². The molecule has 1 fully saturated rings. The average Bonchev–Trinajstić information content (AvgIpc) is 2.69. The molecule has 0 aromatic heterocycles. The molecule has 3 aliphatic rings. The standard InChI is InChI=1S/C6H2F2.C2H4O/c7-5-3-1-2-4(3)6(5)8;1-2-3-1/h1-2H;1-2H2. The maximum atomic E-state index is 12.0. The summed E-state index contributed by atoms with van der Waals surface area (Å²) in [4.78, 5) is 0. The molecular weight excluding hydrogens is 150 g/mol. The maximum absolute atomic E-state index is 12.0. The van der Waals surface area contributed by atoms with Crippen LogP contribution in [0.2, 0.25) is 0 Å². The van der Waals surface area contributed by atoms with E-state index in [2.05, 4.69) is 4.74 Å². The van der Waals surface area contributed by atoms with Gasteiger partial charge in [0.25, 0.3) is 0 Å². The Morgan fingerprint density at radius 1 is 1.00 bits per heavy atom. The molecule has 0 radical (unpaired) electrons. The zero-order valence-corrected chi connectivity index (χ0v) is 5.73. The molecule has 0 aromatic rings. The van der Waals surface area contributed by atoms with Gasteiger partial charge in [0.15, 0.2) is 11.6 Å². The van der Waals surface area contributed by atoms with Crippen LogP contribution in [-0.2, 0) is 4.74 Å². The molecule has 1 aliphatic heterocycles. The summed E-state index contributed by atoms with van der Waals surface area (Å²) in [6.45, 7) is 2.00. The molecule has 0 bridgehead atoms. The third-order valence-corrected chi connectivity index (χ3v) is 1.58. The minimum absolute atomic E-state index is 0.447. The van der Waals surface area contributed by atoms with E-state index in [9.17, 15) is 8.78 Å². The highest BCUT2D eigenvalue weighted by molar-refractivity contribution is 5.77. The van der Waals surface area contributed by atoms with Gasteiger partial charge in [-0.1, -0.05) is 12.1 Å². The average molecular weight is 156 g/mol. The van der Waals surface area contributed by atoms with Crippen molar-refractivity contribution in [1.29, 1.82) is 0 Å². The zero-order valence-electron chi connectivity index (χ0n) is 5.73. The second-order valence-corrected chi connectivity index (χ2v) is 2.40. The molecule has 0 N–H and O–H groups in total. The summed E-state index contributed by atoms with van der Waals surface area (Å²) in [5, 5.41) is 0. The number of epoxide rings is 1. The summed E-state index contributed by atoms with van der Waals surface area (Å²) in [7, 11) is 0. The van der Waals surface area contributed by atoms with Gasteiger partial charge in [0.05, 0.1) is 13.2 Å². The van der Waals surface area contributed by atoms with Crippen LogP contribution < -0.4 is 0 Å². The molecule has 2 aliphatic carbocycles. The number of fused-ring (bicyclic) bond motifs is 1. The van der Waals surface area contributed by atoms with E-state index in [1.165, 1.54) is 0 Å². The molecule has 0 amide bonds. The summed E-state index contributed by atoms with van der Waals surface area (Å²) in [5.74, 6) is -1.36. The highest BCUT2D eigenvalue weighted by Gasteiger charge is 2.25. The van der Waals surface area contributed by atoms with Gasteiger partial charge in [0.2, 0.25) is 0 Å². The van der Waals surface area contributed by atoms with Gasteiger partial charge < -0.3 is 4.74 Å². The molecular formula is C8H6F2O. The highest BCUT2D eigenvalue weighted by atomic mass is 19.2. The van der Waals surface area contributed by atoms with E-state index in [-0.39, 0.29) is 0 Å². The lowest BCUT2D eigenvalue weighted by Crippen LogP contribution is -2.03. The van der Waals surface area contributed by atoms with Gasteiger partial charge >= 0.3 is 0 Å². The fourth-order valence-corrected chi connectivity index (χ4v) is 0.807. The van der Waals surface area contributed by atoms with Crippen LogP contribution in [0.4, 0.5) is 8.78 Å². The molecule has 1 heterocycles. The van der Waals surface area contributed by atoms with Crippen LogP contribution in [0.1, 0.15) is 0 Å². The quantitative estimate of drug-likeness (QED) is 0.531. The Kier molecular flexibility index (Phi) is 1.39. The number of hydrogen-bond donors (Lipinski definition) is 0. The van der Waals surface area contributed by atoms with E-state index in [0.29, 0.717) is 11.1 Å². The van der Waals surface area contributed by atoms with Gasteiger partial charge in [-0.25, -0.2) is 8.78 Å². The Hall–Kier alpha value is -0.960. The van der Waals surface area contributed by atoms with Gasteiger partial charge in [-0.3, -0.25) is 0 Å². The molecule has 58 valence electrons. The molecule has 1 nitrogen and oxygen atoms in total. The first-order valence-corrected chi connectivity index (χ1v) is 3.37. The Morgan fingerprint density at radius 2 is 1.36 bits per heavy atom. The number of halogens is 2. The van der Waals surface area contributed by atoms with E-state index in [0.717, 1.165) is 13.2 Å². The monoisotopic (exact) mass is 156 g/mol. The van der Waals surface area contributed by atoms with E-state index in [1.807, 2.05) is 0 Å². The first-order chi connectivity index (χ1) is 5.30. The van der Waals surface area contributed by atoms with Crippen molar-refractivity contribution in [3.63, 3.8) is 0 Å². The molecule has 0 saturated carbocycles. The Bertz CT molecular complexity index is 265. The second kappa shape index (κ2) is 2.27. The first-order valence-electron chi connectivity index (χ1n) is 3.37. The molecule has 0 aromatic carbocycles. The molecule has 11 heavy (non-hydrogen) atoms. The van der Waals surface area contributed by atoms with Crippen molar-refractivity contribution < 1.29 is 13.5 Å². The van der Waals surface area contributed by atoms with Crippen molar-refractivity contribution in [3.05, 3.63) is 23.8 Å². The largest absolute Gasteiger partial charge is 0.377 e. The second-order valence-electron chi connectivity index (χ2n) is 2.40. The molecule has 0 unspecified atom stereocenters. The predicted molar refractivity (Wildman–Crippen MR) is 36.2 cm³/mol. The van der Waals surface area contributed by atoms with Crippen molar-refractivity contribution in [2.75, 3.05) is 13.2 Å². The maximum Gasteiger partial charge on any atom is 0.167 e. The van der Waals surface area contributed by atoms with Gasteiger partial charge in [-0.05, 0) is 0 Å². The number of rotatable bonds is 0. The summed E-state index contributed by atoms with van der Waals surface area (Å²) in [6.07, 6.45) is 0. The van der Waals surface area contributed by atoms with Crippen LogP contribution in [0.25, 0.3) is 11.1 Å². The summed E-state index contributed by atoms with van der Waals surface area (Å²) in [6, 6.07) is 3.13. The van der Waals surface area contributed by atoms with E-state index >= 15 is 0 Å². The Balaban J connectivity index is 0.000000135. The molecule has 3 rings (SSSR count). The van der Waals surface area contributed by atoms with Crippen LogP contribution in [0.5, 0.6) is 0 Å². The minimum atomic E-state index is -0.678. The molecule has 1 saturated heterocycles. The topological polar surface area (TPSA) is 12.5 Å². The van der Waals surface area contributed by atoms with Crippen LogP contribution in [0, 0.1) is 11.6 Å². The lowest BCUT2D eigenvalue weighted by atomic mass is 9.92. The van der Waals surface area contributed by atoms with E-state index in [1.54, 1.807) is 12.1 Å². The normalized spacial score (nSPS) is 15.1. The van der Waals surface area contributed by atoms with E-state index in [4.69, 9.17) is 0 Å². The van der Waals surface area contributed by atoms with Crippen LogP contribution in [-0.4, -0.2) is 13.2 Å². The highest BCUT2D eigenvalue weighted by Crippen LogP contribution is 2.38. The molecule has 3 heteroatoms. The number of benzene rings is 1. The fourth-order valence-electron chi connectivity index (χ4n) is 0.807. The van der Waals surface area contributed by atoms with Crippen LogP contribution >= 0.6 is 0 Å². The summed E-state index contributed by atoms with van der Waals surface area (Å²) in [5.41, 5.74) is 0.894. The Morgan fingerprint density at radius 3 is 1.45 bits per heavy atom. The first kappa shape index (κ1) is 6.73. The van der Waals surface area contributed by atoms with Crippen molar-refractivity contribution in [3.8, 4) is 11.1 Å². The SMILES string of the molecule is C1CO1.Fc1c2ccc-2c1F. The summed E-state index contributed by atoms with van der Waals surface area (Å²) < 4.78 is 28.5. The number of hydrogen-bond acceptors (Lipinski definition) is 1. The van der Waals surface area contributed by atoms with Crippen molar-refractivity contribution in [2.45, 2.75) is 0 Å². The lowest BCUT2D eigenvalue weighted by molar-refractivity contribution is 0.475. The third kappa shape index (κ3) is 1.01. The lowest BCUT2D eigenvalue weighted by Gasteiger charge is -2.16. The van der Waals surface area contributed by atoms with Crippen molar-refractivity contribution in [2.24, 2.45) is 0 Å². The van der Waals surface area contributed by atoms with Gasteiger partial charge in [0, 0.05) is 11.1 Å². The van der Waals surface area contributed by atoms with Gasteiger partial charge in [-0.2, -0.15) is 0 Å². The fraction of sp³-hybridized carbons (Fsp3) is 0.250. The molecule has 0 atom stereocenters. The Labute approximate surface area is 62.6 Å². The van der Waals surface area contributed by atoms with Crippen LogP contribution in [0.15, 0.2) is 12.1 Å². The zero-order chi connectivity index (χ0) is 7.84. The third-order valence-electron chi connectivity index (χ3n) is 1.58. The van der Waals surface area contributed by atoms with Crippen molar-refractivity contribution >= 4 is 0 Å². The number of ether oxygens (including phenoxy) is 1. The minimum Gasteiger partial charge on any atom is -0.377 e. The van der Waals surface area contributed by atoms with Gasteiger partial charge in [0.1, 0.15) is 0 Å². The molecule has 0 spiro atoms. The smallest absolute Gasteiger partial charge is 0.167 e. The van der Waals surface area contributed by atoms with Gasteiger partial charge in [-0.15, -0.1) is 0 Å². The van der Waals surface area contributed by atoms with Crippen molar-refractivity contribution in [1.82, 2.24) is 0 Å².